The van der Waals surface area contributed by atoms with Crippen LogP contribution in [0.3, 0.4) is 0 Å². The molecular weight excluding hydrogens is 392 g/mol. The zero-order chi connectivity index (χ0) is 19.3. The molecule has 4 rings (SSSR count). The zero-order valence-corrected chi connectivity index (χ0v) is 14.1. The molecule has 0 aliphatic rings. The van der Waals surface area contributed by atoms with Crippen molar-refractivity contribution in [3.8, 4) is 28.4 Å². The molecule has 0 atom stereocenters. The third-order valence-corrected chi connectivity index (χ3v) is 4.28. The van der Waals surface area contributed by atoms with Crippen molar-refractivity contribution in [1.29, 1.82) is 0 Å². The summed E-state index contributed by atoms with van der Waals surface area (Å²) in [4.78, 5) is 6.20. The van der Waals surface area contributed by atoms with Crippen LogP contribution in [0.4, 0.5) is 17.6 Å². The molecule has 0 fully saturated rings. The monoisotopic (exact) mass is 400 g/mol. The van der Waals surface area contributed by atoms with Gasteiger partial charge in [0.25, 0.3) is 0 Å². The minimum atomic E-state index is -4.70. The van der Waals surface area contributed by atoms with E-state index in [1.807, 2.05) is 5.10 Å². The third kappa shape index (κ3) is 2.70. The summed E-state index contributed by atoms with van der Waals surface area (Å²) in [7, 11) is 1.32. The van der Waals surface area contributed by atoms with Crippen molar-refractivity contribution >= 4 is 22.5 Å². The second kappa shape index (κ2) is 5.98. The first-order valence-electron chi connectivity index (χ1n) is 7.38. The first-order valence-corrected chi connectivity index (χ1v) is 7.75. The van der Waals surface area contributed by atoms with Gasteiger partial charge in [-0.3, -0.25) is 10.2 Å². The SMILES string of the molecule is COc1cc2c(-c3cn[nH]c3)c(-c3n[nH]c(C(F)(F)F)n3)[nH]c2c(F)c1Cl. The number of H-pyrrole nitrogens is 3. The van der Waals surface area contributed by atoms with Crippen LogP contribution in [0.15, 0.2) is 18.5 Å². The molecule has 3 heterocycles. The Bertz CT molecular complexity index is 1130. The molecule has 0 aliphatic carbocycles. The van der Waals surface area contributed by atoms with Crippen LogP contribution in [-0.2, 0) is 6.18 Å². The average molecular weight is 401 g/mol. The number of methoxy groups -OCH3 is 1. The molecule has 140 valence electrons. The number of nitrogens with zero attached hydrogens (tertiary/aromatic N) is 3. The minimum Gasteiger partial charge on any atom is -0.495 e. The number of nitrogens with one attached hydrogen (secondary N) is 3. The van der Waals surface area contributed by atoms with Crippen LogP contribution in [0.5, 0.6) is 5.75 Å². The zero-order valence-electron chi connectivity index (χ0n) is 13.4. The highest BCUT2D eigenvalue weighted by molar-refractivity contribution is 6.33. The molecule has 12 heteroatoms. The Kier molecular flexibility index (Phi) is 3.84. The van der Waals surface area contributed by atoms with Crippen molar-refractivity contribution in [2.75, 3.05) is 7.11 Å². The Morgan fingerprint density at radius 3 is 2.63 bits per heavy atom. The second-order valence-corrected chi connectivity index (χ2v) is 5.87. The Labute approximate surface area is 152 Å². The summed E-state index contributed by atoms with van der Waals surface area (Å²) >= 11 is 5.94. The molecule has 27 heavy (non-hydrogen) atoms. The lowest BCUT2D eigenvalue weighted by Gasteiger charge is -2.05. The van der Waals surface area contributed by atoms with Gasteiger partial charge in [0.05, 0.1) is 24.5 Å². The van der Waals surface area contributed by atoms with Gasteiger partial charge in [-0.2, -0.15) is 23.4 Å². The van der Waals surface area contributed by atoms with Gasteiger partial charge < -0.3 is 9.72 Å². The number of aromatic amines is 3. The van der Waals surface area contributed by atoms with E-state index in [-0.39, 0.29) is 27.8 Å². The molecule has 7 nitrogen and oxygen atoms in total. The van der Waals surface area contributed by atoms with Crippen molar-refractivity contribution in [3.63, 3.8) is 0 Å². The first-order chi connectivity index (χ1) is 12.8. The fraction of sp³-hybridized carbons (Fsp3) is 0.133. The van der Waals surface area contributed by atoms with Gasteiger partial charge in [-0.05, 0) is 6.07 Å². The van der Waals surface area contributed by atoms with Crippen LogP contribution in [0.2, 0.25) is 5.02 Å². The van der Waals surface area contributed by atoms with E-state index in [0.717, 1.165) is 0 Å². The normalized spacial score (nSPS) is 12.1. The maximum atomic E-state index is 14.7. The van der Waals surface area contributed by atoms with Gasteiger partial charge >= 0.3 is 6.18 Å². The predicted octanol–water partition coefficient (Wildman–Crippen LogP) is 4.16. The van der Waals surface area contributed by atoms with E-state index in [4.69, 9.17) is 16.3 Å². The second-order valence-electron chi connectivity index (χ2n) is 5.50. The molecule has 3 aromatic heterocycles. The molecule has 4 aromatic rings. The fourth-order valence-corrected chi connectivity index (χ4v) is 2.97. The van der Waals surface area contributed by atoms with Gasteiger partial charge in [0.1, 0.15) is 10.8 Å². The molecule has 0 spiro atoms. The van der Waals surface area contributed by atoms with E-state index >= 15 is 0 Å². The maximum Gasteiger partial charge on any atom is 0.451 e. The minimum absolute atomic E-state index is 0.0228. The lowest BCUT2D eigenvalue weighted by atomic mass is 10.0. The van der Waals surface area contributed by atoms with Crippen molar-refractivity contribution in [3.05, 3.63) is 35.1 Å². The van der Waals surface area contributed by atoms with E-state index in [9.17, 15) is 17.6 Å². The molecular formula is C15H9ClF4N6O. The quantitative estimate of drug-likeness (QED) is 0.450. The van der Waals surface area contributed by atoms with Crippen molar-refractivity contribution in [2.45, 2.75) is 6.18 Å². The molecule has 0 aliphatic heterocycles. The molecule has 1 aromatic carbocycles. The summed E-state index contributed by atoms with van der Waals surface area (Å²) in [6.45, 7) is 0. The number of fused-ring (bicyclic) bond motifs is 1. The van der Waals surface area contributed by atoms with E-state index in [2.05, 4.69) is 25.3 Å². The number of benzene rings is 1. The topological polar surface area (TPSA) is 95.3 Å². The van der Waals surface area contributed by atoms with Crippen LogP contribution < -0.4 is 4.74 Å². The molecule has 0 amide bonds. The summed E-state index contributed by atoms with van der Waals surface area (Å²) in [5, 5.41) is 11.9. The summed E-state index contributed by atoms with van der Waals surface area (Å²) in [5.41, 5.74) is 0.880. The summed E-state index contributed by atoms with van der Waals surface area (Å²) < 4.78 is 58.3. The Morgan fingerprint density at radius 1 is 1.26 bits per heavy atom. The summed E-state index contributed by atoms with van der Waals surface area (Å²) in [6.07, 6.45) is -1.77. The highest BCUT2D eigenvalue weighted by Crippen LogP contribution is 2.42. The summed E-state index contributed by atoms with van der Waals surface area (Å²) in [5.74, 6) is -2.30. The Hall–Kier alpha value is -3.08. The van der Waals surface area contributed by atoms with Gasteiger partial charge in [-0.15, -0.1) is 0 Å². The van der Waals surface area contributed by atoms with Crippen molar-refractivity contribution in [2.24, 2.45) is 0 Å². The Balaban J connectivity index is 2.04. The molecule has 3 N–H and O–H groups in total. The maximum absolute atomic E-state index is 14.7. The van der Waals surface area contributed by atoms with E-state index in [0.29, 0.717) is 16.5 Å². The van der Waals surface area contributed by atoms with Gasteiger partial charge in [-0.1, -0.05) is 11.6 Å². The predicted molar refractivity (Wildman–Crippen MR) is 87.8 cm³/mol. The third-order valence-electron chi connectivity index (χ3n) is 3.93. The van der Waals surface area contributed by atoms with E-state index in [1.165, 1.54) is 25.6 Å². The standard InChI is InChI=1S/C15H9ClF4N6O/c1-27-7-2-6-8(5-3-21-22-4-5)12(23-11(6)10(17)9(7)16)13-24-14(26-25-13)15(18,19)20/h2-4,23H,1H3,(H,21,22)(H,24,25,26). The number of alkyl halides is 3. The smallest absolute Gasteiger partial charge is 0.451 e. The van der Waals surface area contributed by atoms with Gasteiger partial charge in [-0.25, -0.2) is 9.37 Å². The average Bonchev–Trinajstić information content (AvgIpc) is 3.35. The summed E-state index contributed by atoms with van der Waals surface area (Å²) in [6, 6.07) is 1.47. The largest absolute Gasteiger partial charge is 0.495 e. The number of ether oxygens (including phenoxy) is 1. The molecule has 0 unspecified atom stereocenters. The van der Waals surface area contributed by atoms with Gasteiger partial charge in [0.15, 0.2) is 11.6 Å². The highest BCUT2D eigenvalue weighted by Gasteiger charge is 2.36. The van der Waals surface area contributed by atoms with Crippen molar-refractivity contribution < 1.29 is 22.3 Å². The number of hydrogen-bond donors (Lipinski definition) is 3. The number of halogens is 5. The van der Waals surface area contributed by atoms with E-state index < -0.39 is 17.8 Å². The van der Waals surface area contributed by atoms with Crippen LogP contribution >= 0.6 is 11.6 Å². The van der Waals surface area contributed by atoms with Gasteiger partial charge in [0, 0.05) is 22.7 Å². The molecule has 0 radical (unpaired) electrons. The number of hydrogen-bond acceptors (Lipinski definition) is 4. The molecule has 0 saturated carbocycles. The molecule has 0 saturated heterocycles. The van der Waals surface area contributed by atoms with Crippen LogP contribution in [0, 0.1) is 5.82 Å². The lowest BCUT2D eigenvalue weighted by Crippen LogP contribution is -2.07. The van der Waals surface area contributed by atoms with Gasteiger partial charge in [0.2, 0.25) is 5.82 Å². The van der Waals surface area contributed by atoms with E-state index in [1.54, 1.807) is 0 Å². The fourth-order valence-electron chi connectivity index (χ4n) is 2.75. The van der Waals surface area contributed by atoms with Crippen LogP contribution in [-0.4, -0.2) is 37.5 Å². The molecule has 0 bridgehead atoms. The highest BCUT2D eigenvalue weighted by atomic mass is 35.5. The van der Waals surface area contributed by atoms with Crippen LogP contribution in [0.25, 0.3) is 33.5 Å². The first kappa shape index (κ1) is 17.3. The Morgan fingerprint density at radius 2 is 2.04 bits per heavy atom. The van der Waals surface area contributed by atoms with Crippen molar-refractivity contribution in [1.82, 2.24) is 30.4 Å². The number of aromatic nitrogens is 6. The van der Waals surface area contributed by atoms with Crippen LogP contribution in [0.1, 0.15) is 5.82 Å². The number of rotatable bonds is 3. The lowest BCUT2D eigenvalue weighted by molar-refractivity contribution is -0.144.